The van der Waals surface area contributed by atoms with Crippen LogP contribution in [0.1, 0.15) is 21.5 Å². The van der Waals surface area contributed by atoms with Gasteiger partial charge in [0.15, 0.2) is 0 Å². The van der Waals surface area contributed by atoms with E-state index in [0.717, 1.165) is 10.5 Å². The molecule has 1 N–H and O–H groups in total. The Morgan fingerprint density at radius 2 is 1.66 bits per heavy atom. The Balaban J connectivity index is 1.75. The van der Waals surface area contributed by atoms with Crippen molar-refractivity contribution >= 4 is 23.4 Å². The Morgan fingerprint density at radius 3 is 2.28 bits per heavy atom. The summed E-state index contributed by atoms with van der Waals surface area (Å²) in [7, 11) is 3.13. The smallest absolute Gasteiger partial charge is 0.256 e. The second-order valence-corrected chi connectivity index (χ2v) is 7.17. The summed E-state index contributed by atoms with van der Waals surface area (Å²) >= 11 is 1.57. The number of methoxy groups -OCH3 is 2. The van der Waals surface area contributed by atoms with Gasteiger partial charge in [-0.1, -0.05) is 24.3 Å². The summed E-state index contributed by atoms with van der Waals surface area (Å²) in [5.41, 5.74) is 2.90. The van der Waals surface area contributed by atoms with E-state index >= 15 is 0 Å². The molecule has 0 spiro atoms. The molecule has 0 aromatic heterocycles. The molecule has 0 fully saturated rings. The van der Waals surface area contributed by atoms with Gasteiger partial charge in [-0.05, 0) is 29.8 Å². The number of nitrogens with one attached hydrogen (secondary N) is 1. The van der Waals surface area contributed by atoms with Crippen molar-refractivity contribution in [2.24, 2.45) is 0 Å². The number of rotatable bonds is 7. The lowest BCUT2D eigenvalue weighted by atomic mass is 10.2. The van der Waals surface area contributed by atoms with E-state index in [1.807, 2.05) is 30.3 Å². The lowest BCUT2D eigenvalue weighted by molar-refractivity contribution is 0.102. The first-order valence-corrected chi connectivity index (χ1v) is 9.87. The lowest BCUT2D eigenvalue weighted by Gasteiger charge is -2.12. The molecule has 0 bridgehead atoms. The van der Waals surface area contributed by atoms with Gasteiger partial charge in [0.2, 0.25) is 0 Å². The lowest BCUT2D eigenvalue weighted by Crippen LogP contribution is -2.13. The second kappa shape index (κ2) is 9.67. The predicted octanol–water partition coefficient (Wildman–Crippen LogP) is 5.12. The van der Waals surface area contributed by atoms with Gasteiger partial charge in [0, 0.05) is 34.5 Å². The number of nitriles is 1. The highest BCUT2D eigenvalue weighted by atomic mass is 32.2. The van der Waals surface area contributed by atoms with Crippen LogP contribution in [0.4, 0.5) is 5.69 Å². The number of carbonyl (C=O) groups is 1. The molecule has 1 amide bonds. The largest absolute Gasteiger partial charge is 0.497 e. The number of benzene rings is 3. The van der Waals surface area contributed by atoms with Crippen molar-refractivity contribution < 1.29 is 14.3 Å². The van der Waals surface area contributed by atoms with Gasteiger partial charge in [0.25, 0.3) is 5.91 Å². The first kappa shape index (κ1) is 20.3. The second-order valence-electron chi connectivity index (χ2n) is 6.15. The first-order chi connectivity index (χ1) is 14.1. The normalized spacial score (nSPS) is 10.1. The summed E-state index contributed by atoms with van der Waals surface area (Å²) in [6.07, 6.45) is 0. The van der Waals surface area contributed by atoms with Crippen LogP contribution in [0.2, 0.25) is 0 Å². The summed E-state index contributed by atoms with van der Waals surface area (Å²) in [5.74, 6) is 1.69. The van der Waals surface area contributed by atoms with Crippen LogP contribution in [-0.4, -0.2) is 20.1 Å². The molecular formula is C23H20N2O3S. The van der Waals surface area contributed by atoms with Crippen LogP contribution < -0.4 is 14.8 Å². The van der Waals surface area contributed by atoms with Crippen LogP contribution >= 0.6 is 11.8 Å². The fourth-order valence-corrected chi connectivity index (χ4v) is 3.70. The monoisotopic (exact) mass is 404 g/mol. The molecule has 0 heterocycles. The summed E-state index contributed by atoms with van der Waals surface area (Å²) < 4.78 is 10.5. The van der Waals surface area contributed by atoms with E-state index in [1.165, 1.54) is 0 Å². The quantitative estimate of drug-likeness (QED) is 0.554. The van der Waals surface area contributed by atoms with Crippen molar-refractivity contribution in [1.82, 2.24) is 0 Å². The number of amides is 1. The topological polar surface area (TPSA) is 71.3 Å². The maximum absolute atomic E-state index is 12.9. The van der Waals surface area contributed by atoms with Crippen LogP contribution in [0.25, 0.3) is 0 Å². The Bertz CT molecular complexity index is 1020. The van der Waals surface area contributed by atoms with Gasteiger partial charge in [-0.15, -0.1) is 11.8 Å². The number of anilines is 1. The minimum absolute atomic E-state index is 0.205. The van der Waals surface area contributed by atoms with Gasteiger partial charge in [-0.2, -0.15) is 5.26 Å². The maximum atomic E-state index is 12.9. The highest BCUT2D eigenvalue weighted by Crippen LogP contribution is 2.29. The van der Waals surface area contributed by atoms with E-state index in [2.05, 4.69) is 11.4 Å². The van der Waals surface area contributed by atoms with E-state index in [1.54, 1.807) is 62.4 Å². The molecule has 0 aliphatic carbocycles. The van der Waals surface area contributed by atoms with Crippen molar-refractivity contribution in [2.75, 3.05) is 19.5 Å². The average molecular weight is 404 g/mol. The number of hydrogen-bond acceptors (Lipinski definition) is 5. The molecule has 3 aromatic carbocycles. The molecule has 0 atom stereocenters. The van der Waals surface area contributed by atoms with E-state index in [9.17, 15) is 4.79 Å². The average Bonchev–Trinajstić information content (AvgIpc) is 2.77. The zero-order valence-corrected chi connectivity index (χ0v) is 17.0. The number of ether oxygens (including phenoxy) is 2. The fraction of sp³-hybridized carbons (Fsp3) is 0.130. The SMILES string of the molecule is COc1cc(NC(=O)c2ccccc2SCc2ccc(C#N)cc2)cc(OC)c1. The molecule has 146 valence electrons. The van der Waals surface area contributed by atoms with Crippen LogP contribution in [0.3, 0.4) is 0 Å². The van der Waals surface area contributed by atoms with Crippen LogP contribution in [-0.2, 0) is 5.75 Å². The predicted molar refractivity (Wildman–Crippen MR) is 115 cm³/mol. The molecule has 5 nitrogen and oxygen atoms in total. The highest BCUT2D eigenvalue weighted by Gasteiger charge is 2.13. The summed E-state index contributed by atoms with van der Waals surface area (Å²) in [6, 6.07) is 22.3. The molecule has 3 aromatic rings. The summed E-state index contributed by atoms with van der Waals surface area (Å²) in [6.45, 7) is 0. The van der Waals surface area contributed by atoms with E-state index < -0.39 is 0 Å². The molecule has 0 saturated carbocycles. The number of thioether (sulfide) groups is 1. The van der Waals surface area contributed by atoms with Crippen molar-refractivity contribution in [1.29, 1.82) is 5.26 Å². The molecule has 0 aliphatic heterocycles. The first-order valence-electron chi connectivity index (χ1n) is 8.88. The van der Waals surface area contributed by atoms with Gasteiger partial charge in [0.1, 0.15) is 11.5 Å². The maximum Gasteiger partial charge on any atom is 0.256 e. The van der Waals surface area contributed by atoms with Crippen molar-refractivity contribution in [3.05, 3.63) is 83.4 Å². The molecule has 0 saturated heterocycles. The fourth-order valence-electron chi connectivity index (χ4n) is 2.69. The number of carbonyl (C=O) groups excluding carboxylic acids is 1. The Morgan fingerprint density at radius 1 is 1.00 bits per heavy atom. The van der Waals surface area contributed by atoms with Crippen LogP contribution in [0.15, 0.2) is 71.6 Å². The van der Waals surface area contributed by atoms with Gasteiger partial charge in [0.05, 0.1) is 31.4 Å². The molecule has 0 unspecified atom stereocenters. The third-order valence-electron chi connectivity index (χ3n) is 4.22. The molecule has 6 heteroatoms. The third-order valence-corrected chi connectivity index (χ3v) is 5.36. The van der Waals surface area contributed by atoms with Gasteiger partial charge >= 0.3 is 0 Å². The third kappa shape index (κ3) is 5.31. The molecule has 29 heavy (non-hydrogen) atoms. The van der Waals surface area contributed by atoms with Crippen LogP contribution in [0, 0.1) is 11.3 Å². The summed E-state index contributed by atoms with van der Waals surface area (Å²) in [4.78, 5) is 13.8. The Labute approximate surface area is 174 Å². The van der Waals surface area contributed by atoms with Crippen molar-refractivity contribution in [3.63, 3.8) is 0 Å². The Hall–Kier alpha value is -3.43. The van der Waals surface area contributed by atoms with Gasteiger partial charge in [-0.3, -0.25) is 4.79 Å². The molecule has 3 rings (SSSR count). The molecular weight excluding hydrogens is 384 g/mol. The minimum Gasteiger partial charge on any atom is -0.497 e. The van der Waals surface area contributed by atoms with Crippen molar-refractivity contribution in [3.8, 4) is 17.6 Å². The van der Waals surface area contributed by atoms with E-state index in [4.69, 9.17) is 14.7 Å². The Kier molecular flexibility index (Phi) is 6.77. The standard InChI is InChI=1S/C23H20N2O3S/c1-27-19-11-18(12-20(13-19)28-2)25-23(26)21-5-3-4-6-22(21)29-15-17-9-7-16(14-24)8-10-17/h3-13H,15H2,1-2H3,(H,25,26). The zero-order chi connectivity index (χ0) is 20.6. The minimum atomic E-state index is -0.205. The highest BCUT2D eigenvalue weighted by molar-refractivity contribution is 7.98. The summed E-state index contributed by atoms with van der Waals surface area (Å²) in [5, 5.41) is 11.8. The molecule has 0 aliphatic rings. The van der Waals surface area contributed by atoms with E-state index in [-0.39, 0.29) is 5.91 Å². The number of hydrogen-bond donors (Lipinski definition) is 1. The van der Waals surface area contributed by atoms with Gasteiger partial charge < -0.3 is 14.8 Å². The van der Waals surface area contributed by atoms with Crippen molar-refractivity contribution in [2.45, 2.75) is 10.6 Å². The van der Waals surface area contributed by atoms with Gasteiger partial charge in [-0.25, -0.2) is 0 Å². The van der Waals surface area contributed by atoms with Crippen LogP contribution in [0.5, 0.6) is 11.5 Å². The number of nitrogens with zero attached hydrogens (tertiary/aromatic N) is 1. The molecule has 0 radical (unpaired) electrons. The zero-order valence-electron chi connectivity index (χ0n) is 16.1. The van der Waals surface area contributed by atoms with E-state index in [0.29, 0.717) is 34.1 Å².